The third-order valence-corrected chi connectivity index (χ3v) is 3.49. The van der Waals surface area contributed by atoms with Gasteiger partial charge in [0.05, 0.1) is 22.7 Å². The van der Waals surface area contributed by atoms with E-state index in [2.05, 4.69) is 20.9 Å². The minimum Gasteiger partial charge on any atom is -0.370 e. The molecule has 0 spiro atoms. The first-order valence-electron chi connectivity index (χ1n) is 5.54. The lowest BCUT2D eigenvalue weighted by Gasteiger charge is -2.19. The van der Waals surface area contributed by atoms with Gasteiger partial charge >= 0.3 is 5.69 Å². The minimum absolute atomic E-state index is 0.0282. The number of aromatic amines is 1. The van der Waals surface area contributed by atoms with Crippen molar-refractivity contribution in [3.05, 3.63) is 31.5 Å². The fourth-order valence-corrected chi connectivity index (χ4v) is 2.39. The van der Waals surface area contributed by atoms with E-state index in [0.29, 0.717) is 11.0 Å². The van der Waals surface area contributed by atoms with Crippen LogP contribution in [0.5, 0.6) is 0 Å². The topological polar surface area (TPSA) is 64.1 Å². The van der Waals surface area contributed by atoms with Gasteiger partial charge in [-0.25, -0.2) is 4.79 Å². The number of H-pyrrole nitrogens is 1. The van der Waals surface area contributed by atoms with Crippen LogP contribution in [0, 0.1) is 0 Å². The van der Waals surface area contributed by atoms with Gasteiger partial charge in [-0.15, -0.1) is 0 Å². The van der Waals surface area contributed by atoms with Crippen LogP contribution >= 0.6 is 15.9 Å². The number of nitrogens with one attached hydrogen (secondary N) is 1. The molecule has 1 aromatic heterocycles. The molecule has 1 atom stereocenters. The SMILES string of the molecule is CC1(C)CCC(Cn2cc(Br)c(=O)[nH]c2=O)O1. The van der Waals surface area contributed by atoms with Crippen molar-refractivity contribution in [2.24, 2.45) is 0 Å². The third-order valence-electron chi connectivity index (χ3n) is 2.92. The maximum Gasteiger partial charge on any atom is 0.328 e. The van der Waals surface area contributed by atoms with E-state index >= 15 is 0 Å². The summed E-state index contributed by atoms with van der Waals surface area (Å²) in [5.74, 6) is 0. The Morgan fingerprint density at radius 2 is 2.29 bits per heavy atom. The van der Waals surface area contributed by atoms with Crippen LogP contribution in [0.25, 0.3) is 0 Å². The summed E-state index contributed by atoms with van der Waals surface area (Å²) >= 11 is 3.11. The lowest BCUT2D eigenvalue weighted by molar-refractivity contribution is -0.0222. The predicted octanol–water partition coefficient (Wildman–Crippen LogP) is 1.26. The molecule has 0 bridgehead atoms. The smallest absolute Gasteiger partial charge is 0.328 e. The van der Waals surface area contributed by atoms with Crippen LogP contribution in [0.1, 0.15) is 26.7 Å². The summed E-state index contributed by atoms with van der Waals surface area (Å²) in [7, 11) is 0. The highest BCUT2D eigenvalue weighted by molar-refractivity contribution is 9.10. The molecule has 1 fully saturated rings. The summed E-state index contributed by atoms with van der Waals surface area (Å²) < 4.78 is 7.64. The third kappa shape index (κ3) is 2.87. The molecule has 0 radical (unpaired) electrons. The van der Waals surface area contributed by atoms with E-state index in [-0.39, 0.29) is 11.7 Å². The summed E-state index contributed by atoms with van der Waals surface area (Å²) in [5.41, 5.74) is -0.918. The Kier molecular flexibility index (Phi) is 3.27. The Hall–Kier alpha value is -0.880. The van der Waals surface area contributed by atoms with Gasteiger partial charge in [-0.05, 0) is 42.6 Å². The van der Waals surface area contributed by atoms with Crippen molar-refractivity contribution >= 4 is 15.9 Å². The molecule has 5 nitrogen and oxygen atoms in total. The van der Waals surface area contributed by atoms with Crippen molar-refractivity contribution in [3.63, 3.8) is 0 Å². The quantitative estimate of drug-likeness (QED) is 0.894. The molecule has 17 heavy (non-hydrogen) atoms. The van der Waals surface area contributed by atoms with Crippen molar-refractivity contribution in [1.29, 1.82) is 0 Å². The van der Waals surface area contributed by atoms with E-state index in [1.54, 1.807) is 0 Å². The molecule has 1 unspecified atom stereocenters. The van der Waals surface area contributed by atoms with Crippen molar-refractivity contribution in [2.45, 2.75) is 44.9 Å². The van der Waals surface area contributed by atoms with Gasteiger partial charge < -0.3 is 4.74 Å². The number of hydrogen-bond donors (Lipinski definition) is 1. The first kappa shape index (κ1) is 12.6. The maximum absolute atomic E-state index is 11.6. The van der Waals surface area contributed by atoms with E-state index in [9.17, 15) is 9.59 Å². The lowest BCUT2D eigenvalue weighted by Crippen LogP contribution is -2.33. The van der Waals surface area contributed by atoms with E-state index in [1.165, 1.54) is 10.8 Å². The van der Waals surface area contributed by atoms with Crippen LogP contribution in [-0.4, -0.2) is 21.3 Å². The number of hydrogen-bond acceptors (Lipinski definition) is 3. The molecule has 0 aliphatic carbocycles. The summed E-state index contributed by atoms with van der Waals surface area (Å²) in [5, 5.41) is 0. The lowest BCUT2D eigenvalue weighted by atomic mass is 10.1. The van der Waals surface area contributed by atoms with Crippen LogP contribution in [0.15, 0.2) is 20.3 Å². The van der Waals surface area contributed by atoms with Gasteiger partial charge in [-0.3, -0.25) is 14.3 Å². The zero-order valence-corrected chi connectivity index (χ0v) is 11.4. The van der Waals surface area contributed by atoms with Crippen LogP contribution in [-0.2, 0) is 11.3 Å². The molecule has 2 heterocycles. The van der Waals surface area contributed by atoms with Gasteiger partial charge in [0.25, 0.3) is 5.56 Å². The van der Waals surface area contributed by atoms with Gasteiger partial charge in [0.15, 0.2) is 0 Å². The van der Waals surface area contributed by atoms with Gasteiger partial charge in [-0.1, -0.05) is 0 Å². The molecule has 0 saturated carbocycles. The average Bonchev–Trinajstić information content (AvgIpc) is 2.54. The summed E-state index contributed by atoms with van der Waals surface area (Å²) in [4.78, 5) is 25.0. The van der Waals surface area contributed by atoms with Crippen molar-refractivity contribution in [2.75, 3.05) is 0 Å². The minimum atomic E-state index is -0.404. The second-order valence-corrected chi connectivity index (χ2v) is 5.78. The Morgan fingerprint density at radius 3 is 2.88 bits per heavy atom. The van der Waals surface area contributed by atoms with Gasteiger partial charge in [0, 0.05) is 6.20 Å². The number of halogens is 1. The van der Waals surface area contributed by atoms with Crippen molar-refractivity contribution in [3.8, 4) is 0 Å². The molecular weight excluding hydrogens is 288 g/mol. The Morgan fingerprint density at radius 1 is 1.59 bits per heavy atom. The van der Waals surface area contributed by atoms with Gasteiger partial charge in [0.1, 0.15) is 0 Å². The molecule has 0 amide bonds. The highest BCUT2D eigenvalue weighted by atomic mass is 79.9. The molecule has 0 aromatic carbocycles. The first-order chi connectivity index (χ1) is 7.87. The monoisotopic (exact) mass is 302 g/mol. The van der Waals surface area contributed by atoms with Crippen LogP contribution in [0.3, 0.4) is 0 Å². The largest absolute Gasteiger partial charge is 0.370 e. The number of rotatable bonds is 2. The van der Waals surface area contributed by atoms with E-state index in [0.717, 1.165) is 12.8 Å². The fourth-order valence-electron chi connectivity index (χ4n) is 2.04. The molecule has 1 aliphatic rings. The van der Waals surface area contributed by atoms with Crippen LogP contribution in [0.2, 0.25) is 0 Å². The Labute approximate surface area is 107 Å². The molecule has 94 valence electrons. The van der Waals surface area contributed by atoms with E-state index in [1.807, 2.05) is 13.8 Å². The summed E-state index contributed by atoms with van der Waals surface area (Å²) in [6.45, 7) is 4.55. The highest BCUT2D eigenvalue weighted by Gasteiger charge is 2.31. The summed E-state index contributed by atoms with van der Waals surface area (Å²) in [6.07, 6.45) is 3.45. The normalized spacial score (nSPS) is 22.9. The second-order valence-electron chi connectivity index (χ2n) is 4.93. The highest BCUT2D eigenvalue weighted by Crippen LogP contribution is 2.29. The van der Waals surface area contributed by atoms with Crippen LogP contribution in [0.4, 0.5) is 0 Å². The second kappa shape index (κ2) is 4.42. The Bertz CT molecular complexity index is 532. The average molecular weight is 303 g/mol. The molecule has 1 saturated heterocycles. The number of ether oxygens (including phenoxy) is 1. The molecule has 1 aliphatic heterocycles. The first-order valence-corrected chi connectivity index (χ1v) is 6.34. The molecule has 1 N–H and O–H groups in total. The molecule has 2 rings (SSSR count). The van der Waals surface area contributed by atoms with Gasteiger partial charge in [0.2, 0.25) is 0 Å². The fraction of sp³-hybridized carbons (Fsp3) is 0.636. The molecule has 1 aromatic rings. The van der Waals surface area contributed by atoms with Crippen molar-refractivity contribution in [1.82, 2.24) is 9.55 Å². The zero-order chi connectivity index (χ0) is 12.6. The molecule has 6 heteroatoms. The van der Waals surface area contributed by atoms with E-state index < -0.39 is 11.2 Å². The summed E-state index contributed by atoms with van der Waals surface area (Å²) in [6, 6.07) is 0. The number of aromatic nitrogens is 2. The number of nitrogens with zero attached hydrogens (tertiary/aromatic N) is 1. The molecular formula is C11H15BrN2O3. The maximum atomic E-state index is 11.6. The Balaban J connectivity index is 2.18. The standard InChI is InChI=1S/C11H15BrN2O3/c1-11(2)4-3-7(17-11)5-14-6-8(12)9(15)13-10(14)16/h6-7H,3-5H2,1-2H3,(H,13,15,16). The van der Waals surface area contributed by atoms with Crippen molar-refractivity contribution < 1.29 is 4.74 Å². The predicted molar refractivity (Wildman–Crippen MR) is 67.2 cm³/mol. The van der Waals surface area contributed by atoms with Gasteiger partial charge in [-0.2, -0.15) is 0 Å². The zero-order valence-electron chi connectivity index (χ0n) is 9.83. The van der Waals surface area contributed by atoms with Crippen LogP contribution < -0.4 is 11.2 Å². The van der Waals surface area contributed by atoms with E-state index in [4.69, 9.17) is 4.74 Å².